The van der Waals surface area contributed by atoms with Crippen molar-refractivity contribution in [3.8, 4) is 22.6 Å². The van der Waals surface area contributed by atoms with Crippen molar-refractivity contribution in [3.05, 3.63) is 63.4 Å². The van der Waals surface area contributed by atoms with Gasteiger partial charge in [-0.1, -0.05) is 25.1 Å². The van der Waals surface area contributed by atoms with Gasteiger partial charge in [0, 0.05) is 17.4 Å². The molecule has 0 aliphatic carbocycles. The number of amides is 1. The van der Waals surface area contributed by atoms with Crippen LogP contribution in [0.5, 0.6) is 11.5 Å². The molecule has 0 aliphatic heterocycles. The number of carbonyl (C=O) groups excluding carboxylic acids is 2. The first-order valence-corrected chi connectivity index (χ1v) is 13.4. The Morgan fingerprint density at radius 3 is 2.43 bits per heavy atom. The summed E-state index contributed by atoms with van der Waals surface area (Å²) in [5.41, 5.74) is 3.16. The number of hydrogen-bond donors (Lipinski definition) is 1. The molecule has 0 saturated carbocycles. The Hall–Kier alpha value is -2.84. The fraction of sp³-hybridized carbons (Fsp3) is 0.333. The molecule has 3 rings (SSSR count). The molecule has 0 atom stereocenters. The van der Waals surface area contributed by atoms with Crippen LogP contribution in [0.1, 0.15) is 49.5 Å². The zero-order chi connectivity index (χ0) is 25.2. The molecule has 0 bridgehead atoms. The summed E-state index contributed by atoms with van der Waals surface area (Å²) in [4.78, 5) is 25.4. The summed E-state index contributed by atoms with van der Waals surface area (Å²) >= 11 is 4.83. The second-order valence-corrected chi connectivity index (χ2v) is 9.38. The van der Waals surface area contributed by atoms with Crippen LogP contribution in [0.15, 0.2) is 52.3 Å². The minimum absolute atomic E-state index is 0.181. The Morgan fingerprint density at radius 2 is 1.77 bits per heavy atom. The van der Waals surface area contributed by atoms with Crippen LogP contribution in [0.3, 0.4) is 0 Å². The number of esters is 1. The van der Waals surface area contributed by atoms with Crippen LogP contribution in [0.2, 0.25) is 0 Å². The van der Waals surface area contributed by atoms with Crippen LogP contribution < -0.4 is 14.8 Å². The van der Waals surface area contributed by atoms with Crippen molar-refractivity contribution >= 4 is 44.1 Å². The van der Waals surface area contributed by atoms with Crippen LogP contribution in [0.4, 0.5) is 5.00 Å². The second-order valence-electron chi connectivity index (χ2n) is 7.65. The zero-order valence-electron chi connectivity index (χ0n) is 20.2. The molecule has 1 heterocycles. The van der Waals surface area contributed by atoms with Gasteiger partial charge in [-0.15, -0.1) is 11.3 Å². The Kier molecular flexibility index (Phi) is 10.2. The largest absolute Gasteiger partial charge is 0.494 e. The predicted octanol–water partition coefficient (Wildman–Crippen LogP) is 7.11. The molecule has 1 N–H and O–H groups in total. The summed E-state index contributed by atoms with van der Waals surface area (Å²) in [6.07, 6.45) is 1.76. The molecule has 2 aromatic carbocycles. The Balaban J connectivity index is 1.64. The molecule has 8 heteroatoms. The van der Waals surface area contributed by atoms with Crippen LogP contribution in [0.25, 0.3) is 11.1 Å². The summed E-state index contributed by atoms with van der Waals surface area (Å²) in [6.45, 7) is 7.02. The van der Waals surface area contributed by atoms with Gasteiger partial charge in [0.1, 0.15) is 22.1 Å². The normalized spacial score (nSPS) is 10.6. The molecule has 0 saturated heterocycles. The van der Waals surface area contributed by atoms with E-state index < -0.39 is 5.97 Å². The van der Waals surface area contributed by atoms with Crippen molar-refractivity contribution in [2.45, 2.75) is 40.0 Å². The quantitative estimate of drug-likeness (QED) is 0.189. The minimum atomic E-state index is -0.461. The lowest BCUT2D eigenvalue weighted by atomic mass is 10.0. The van der Waals surface area contributed by atoms with E-state index in [1.165, 1.54) is 16.9 Å². The number of rotatable bonds is 12. The van der Waals surface area contributed by atoms with Crippen molar-refractivity contribution in [2.24, 2.45) is 0 Å². The van der Waals surface area contributed by atoms with Gasteiger partial charge in [-0.05, 0) is 78.0 Å². The number of ether oxygens (including phenoxy) is 3. The van der Waals surface area contributed by atoms with Crippen molar-refractivity contribution in [1.82, 2.24) is 0 Å². The Bertz CT molecular complexity index is 1140. The number of nitrogens with one attached hydrogen (secondary N) is 1. The van der Waals surface area contributed by atoms with Gasteiger partial charge < -0.3 is 19.5 Å². The average Bonchev–Trinajstić information content (AvgIpc) is 3.26. The van der Waals surface area contributed by atoms with E-state index in [2.05, 4.69) is 28.2 Å². The van der Waals surface area contributed by atoms with Crippen molar-refractivity contribution < 1.29 is 23.8 Å². The number of halogens is 1. The highest BCUT2D eigenvalue weighted by molar-refractivity contribution is 9.10. The summed E-state index contributed by atoms with van der Waals surface area (Å²) in [6, 6.07) is 13.5. The maximum absolute atomic E-state index is 12.8. The van der Waals surface area contributed by atoms with Crippen molar-refractivity contribution in [3.63, 3.8) is 0 Å². The molecule has 0 fully saturated rings. The molecule has 0 spiro atoms. The molecule has 35 heavy (non-hydrogen) atoms. The fourth-order valence-electron chi connectivity index (χ4n) is 3.45. The number of hydrogen-bond acceptors (Lipinski definition) is 6. The third-order valence-electron chi connectivity index (χ3n) is 5.21. The highest BCUT2D eigenvalue weighted by Gasteiger charge is 2.23. The highest BCUT2D eigenvalue weighted by atomic mass is 79.9. The summed E-state index contributed by atoms with van der Waals surface area (Å²) < 4.78 is 17.5. The van der Waals surface area contributed by atoms with E-state index in [1.54, 1.807) is 6.92 Å². The fourth-order valence-corrected chi connectivity index (χ4v) is 4.97. The maximum atomic E-state index is 12.8. The summed E-state index contributed by atoms with van der Waals surface area (Å²) in [5, 5.41) is 5.23. The predicted molar refractivity (Wildman–Crippen MR) is 144 cm³/mol. The van der Waals surface area contributed by atoms with Crippen molar-refractivity contribution in [2.75, 3.05) is 25.1 Å². The number of benzene rings is 2. The average molecular weight is 561 g/mol. The lowest BCUT2D eigenvalue weighted by Crippen LogP contribution is -2.15. The van der Waals surface area contributed by atoms with Gasteiger partial charge in [0.05, 0.1) is 24.3 Å². The van der Waals surface area contributed by atoms with Crippen LogP contribution in [-0.2, 0) is 16.0 Å². The number of carbonyl (C=O) groups is 2. The summed E-state index contributed by atoms with van der Waals surface area (Å²) in [5.74, 6) is 0.870. The van der Waals surface area contributed by atoms with Crippen LogP contribution in [0, 0.1) is 0 Å². The van der Waals surface area contributed by atoms with Gasteiger partial charge in [-0.2, -0.15) is 0 Å². The molecular weight excluding hydrogens is 530 g/mol. The SMILES string of the molecule is CCOC(=O)c1c(-c2ccc(OCC)cc2)csc1NC(=O)CCCOc1ccc(CC)cc1Br. The smallest absolute Gasteiger partial charge is 0.341 e. The number of thiophene rings is 1. The Labute approximate surface area is 218 Å². The second kappa shape index (κ2) is 13.3. The van der Waals surface area contributed by atoms with E-state index in [0.717, 1.165) is 33.5 Å². The highest BCUT2D eigenvalue weighted by Crippen LogP contribution is 2.37. The molecule has 186 valence electrons. The van der Waals surface area contributed by atoms with Crippen molar-refractivity contribution in [1.29, 1.82) is 0 Å². The Morgan fingerprint density at radius 1 is 1.00 bits per heavy atom. The third kappa shape index (κ3) is 7.32. The number of aryl methyl sites for hydroxylation is 1. The maximum Gasteiger partial charge on any atom is 0.341 e. The van der Waals surface area contributed by atoms with Gasteiger partial charge in [-0.3, -0.25) is 4.79 Å². The third-order valence-corrected chi connectivity index (χ3v) is 6.73. The van der Waals surface area contributed by atoms with E-state index in [4.69, 9.17) is 14.2 Å². The molecule has 6 nitrogen and oxygen atoms in total. The van der Waals surface area contributed by atoms with Gasteiger partial charge in [0.15, 0.2) is 0 Å². The molecule has 0 radical (unpaired) electrons. The van der Waals surface area contributed by atoms with Gasteiger partial charge in [0.2, 0.25) is 5.91 Å². The first-order chi connectivity index (χ1) is 17.0. The van der Waals surface area contributed by atoms with E-state index in [-0.39, 0.29) is 18.9 Å². The van der Waals surface area contributed by atoms with Crippen LogP contribution >= 0.6 is 27.3 Å². The lowest BCUT2D eigenvalue weighted by Gasteiger charge is -2.11. The molecule has 3 aromatic rings. The molecule has 0 aliphatic rings. The van der Waals surface area contributed by atoms with E-state index in [1.807, 2.05) is 54.8 Å². The number of anilines is 1. The molecule has 1 aromatic heterocycles. The first kappa shape index (κ1) is 26.8. The molecular formula is C27H30BrNO5S. The van der Waals surface area contributed by atoms with Gasteiger partial charge >= 0.3 is 5.97 Å². The zero-order valence-corrected chi connectivity index (χ0v) is 22.6. The first-order valence-electron chi connectivity index (χ1n) is 11.7. The van der Waals surface area contributed by atoms with Crippen LogP contribution in [-0.4, -0.2) is 31.7 Å². The topological polar surface area (TPSA) is 73.9 Å². The van der Waals surface area contributed by atoms with Gasteiger partial charge in [0.25, 0.3) is 0 Å². The van der Waals surface area contributed by atoms with E-state index in [0.29, 0.717) is 30.2 Å². The summed E-state index contributed by atoms with van der Waals surface area (Å²) in [7, 11) is 0. The van der Waals surface area contributed by atoms with E-state index >= 15 is 0 Å². The monoisotopic (exact) mass is 559 g/mol. The standard InChI is InChI=1S/C27H30BrNO5S/c1-4-18-9-14-23(22(28)16-18)34-15-7-8-24(30)29-26-25(27(31)33-6-3)21(17-35-26)19-10-12-20(13-11-19)32-5-2/h9-14,16-17H,4-8,15H2,1-3H3,(H,29,30). The minimum Gasteiger partial charge on any atom is -0.494 e. The molecule has 0 unspecified atom stereocenters. The molecule has 1 amide bonds. The van der Waals surface area contributed by atoms with E-state index in [9.17, 15) is 9.59 Å². The lowest BCUT2D eigenvalue weighted by molar-refractivity contribution is -0.116. The van der Waals surface area contributed by atoms with Gasteiger partial charge in [-0.25, -0.2) is 4.79 Å².